The number of halogens is 1. The van der Waals surface area contributed by atoms with Gasteiger partial charge in [0.2, 0.25) is 0 Å². The van der Waals surface area contributed by atoms with Gasteiger partial charge in [0, 0.05) is 15.8 Å². The van der Waals surface area contributed by atoms with E-state index in [-0.39, 0.29) is 0 Å². The van der Waals surface area contributed by atoms with Crippen molar-refractivity contribution < 1.29 is 4.79 Å². The summed E-state index contributed by atoms with van der Waals surface area (Å²) in [7, 11) is 0. The molecule has 0 aliphatic heterocycles. The van der Waals surface area contributed by atoms with Crippen molar-refractivity contribution in [1.29, 1.82) is 0 Å². The molecule has 0 atom stereocenters. The molecule has 0 fully saturated rings. The number of rotatable bonds is 4. The SMILES string of the molecule is CCC(=O)CSc1ccccc1Br. The van der Waals surface area contributed by atoms with Gasteiger partial charge in [-0.1, -0.05) is 19.1 Å². The van der Waals surface area contributed by atoms with Gasteiger partial charge in [-0.3, -0.25) is 4.79 Å². The van der Waals surface area contributed by atoms with E-state index in [1.165, 1.54) is 0 Å². The fraction of sp³-hybridized carbons (Fsp3) is 0.300. The van der Waals surface area contributed by atoms with Gasteiger partial charge in [0.15, 0.2) is 0 Å². The molecule has 0 N–H and O–H groups in total. The predicted molar refractivity (Wildman–Crippen MR) is 60.2 cm³/mol. The third-order valence-corrected chi connectivity index (χ3v) is 3.71. The van der Waals surface area contributed by atoms with Crippen LogP contribution in [-0.4, -0.2) is 11.5 Å². The van der Waals surface area contributed by atoms with E-state index < -0.39 is 0 Å². The Morgan fingerprint density at radius 2 is 2.15 bits per heavy atom. The van der Waals surface area contributed by atoms with Crippen LogP contribution in [0.2, 0.25) is 0 Å². The number of thioether (sulfide) groups is 1. The van der Waals surface area contributed by atoms with Crippen molar-refractivity contribution in [2.75, 3.05) is 5.75 Å². The van der Waals surface area contributed by atoms with Crippen molar-refractivity contribution in [2.24, 2.45) is 0 Å². The number of benzene rings is 1. The molecule has 0 aliphatic carbocycles. The van der Waals surface area contributed by atoms with Crippen LogP contribution in [0.1, 0.15) is 13.3 Å². The minimum Gasteiger partial charge on any atom is -0.299 e. The molecule has 1 nitrogen and oxygen atoms in total. The van der Waals surface area contributed by atoms with Crippen LogP contribution in [0.5, 0.6) is 0 Å². The number of hydrogen-bond acceptors (Lipinski definition) is 2. The van der Waals surface area contributed by atoms with Crippen LogP contribution < -0.4 is 0 Å². The first-order chi connectivity index (χ1) is 6.24. The second-order valence-electron chi connectivity index (χ2n) is 2.61. The monoisotopic (exact) mass is 258 g/mol. The lowest BCUT2D eigenvalue weighted by molar-refractivity contribution is -0.116. The smallest absolute Gasteiger partial charge is 0.142 e. The van der Waals surface area contributed by atoms with E-state index in [2.05, 4.69) is 15.9 Å². The van der Waals surface area contributed by atoms with Crippen LogP contribution in [0.15, 0.2) is 33.6 Å². The molecule has 1 rings (SSSR count). The third kappa shape index (κ3) is 3.53. The highest BCUT2D eigenvalue weighted by molar-refractivity contribution is 9.10. The Bertz CT molecular complexity index is 299. The van der Waals surface area contributed by atoms with Crippen LogP contribution in [0.4, 0.5) is 0 Å². The van der Waals surface area contributed by atoms with Gasteiger partial charge >= 0.3 is 0 Å². The Morgan fingerprint density at radius 1 is 1.46 bits per heavy atom. The highest BCUT2D eigenvalue weighted by atomic mass is 79.9. The topological polar surface area (TPSA) is 17.1 Å². The maximum absolute atomic E-state index is 11.1. The summed E-state index contributed by atoms with van der Waals surface area (Å²) in [5.41, 5.74) is 0. The largest absolute Gasteiger partial charge is 0.299 e. The van der Waals surface area contributed by atoms with Crippen molar-refractivity contribution in [3.8, 4) is 0 Å². The van der Waals surface area contributed by atoms with Crippen molar-refractivity contribution in [1.82, 2.24) is 0 Å². The Hall–Kier alpha value is -0.280. The fourth-order valence-corrected chi connectivity index (χ4v) is 2.35. The predicted octanol–water partition coefficient (Wildman–Crippen LogP) is 3.52. The molecular formula is C10H11BrOS. The minimum absolute atomic E-state index is 0.292. The van der Waals surface area contributed by atoms with E-state index in [4.69, 9.17) is 0 Å². The first kappa shape index (κ1) is 10.8. The normalized spacial score (nSPS) is 10.0. The summed E-state index contributed by atoms with van der Waals surface area (Å²) in [5.74, 6) is 0.861. The zero-order chi connectivity index (χ0) is 9.68. The maximum atomic E-state index is 11.1. The molecule has 0 radical (unpaired) electrons. The Balaban J connectivity index is 2.54. The first-order valence-corrected chi connectivity index (χ1v) is 5.91. The summed E-state index contributed by atoms with van der Waals surface area (Å²) < 4.78 is 1.06. The van der Waals surface area contributed by atoms with Gasteiger partial charge in [0.05, 0.1) is 5.75 Å². The standard InChI is InChI=1S/C10H11BrOS/c1-2-8(12)7-13-10-6-4-3-5-9(10)11/h3-6H,2,7H2,1H3. The number of carbonyl (C=O) groups is 1. The molecular weight excluding hydrogens is 248 g/mol. The first-order valence-electron chi connectivity index (χ1n) is 4.13. The van der Waals surface area contributed by atoms with Gasteiger partial charge in [0.25, 0.3) is 0 Å². The molecule has 0 unspecified atom stereocenters. The zero-order valence-electron chi connectivity index (χ0n) is 7.42. The molecule has 0 amide bonds. The minimum atomic E-state index is 0.292. The molecule has 1 aromatic rings. The van der Waals surface area contributed by atoms with Gasteiger partial charge in [-0.15, -0.1) is 11.8 Å². The summed E-state index contributed by atoms with van der Waals surface area (Å²) in [5, 5.41) is 0. The molecule has 0 heterocycles. The summed E-state index contributed by atoms with van der Waals surface area (Å²) >= 11 is 5.02. The van der Waals surface area contributed by atoms with Crippen LogP contribution >= 0.6 is 27.7 Å². The molecule has 0 saturated carbocycles. The molecule has 0 spiro atoms. The third-order valence-electron chi connectivity index (χ3n) is 1.62. The highest BCUT2D eigenvalue weighted by Crippen LogP contribution is 2.26. The van der Waals surface area contributed by atoms with E-state index in [0.717, 1.165) is 9.37 Å². The fourth-order valence-electron chi connectivity index (χ4n) is 0.822. The van der Waals surface area contributed by atoms with Gasteiger partial charge in [-0.05, 0) is 28.1 Å². The second kappa shape index (κ2) is 5.45. The zero-order valence-corrected chi connectivity index (χ0v) is 9.82. The molecule has 0 bridgehead atoms. The van der Waals surface area contributed by atoms with Crippen LogP contribution in [-0.2, 0) is 4.79 Å². The Morgan fingerprint density at radius 3 is 2.77 bits per heavy atom. The molecule has 0 aliphatic rings. The van der Waals surface area contributed by atoms with Crippen molar-refractivity contribution >= 4 is 33.5 Å². The molecule has 13 heavy (non-hydrogen) atoms. The van der Waals surface area contributed by atoms with Crippen molar-refractivity contribution in [2.45, 2.75) is 18.2 Å². The average Bonchev–Trinajstić information content (AvgIpc) is 2.16. The molecule has 3 heteroatoms. The molecule has 70 valence electrons. The average molecular weight is 259 g/mol. The van der Waals surface area contributed by atoms with E-state index in [0.29, 0.717) is 18.0 Å². The summed E-state index contributed by atoms with van der Waals surface area (Å²) in [6.07, 6.45) is 0.622. The maximum Gasteiger partial charge on any atom is 0.142 e. The van der Waals surface area contributed by atoms with Gasteiger partial charge < -0.3 is 0 Å². The number of ketones is 1. The Kier molecular flexibility index (Phi) is 4.53. The molecule has 1 aromatic carbocycles. The quantitative estimate of drug-likeness (QED) is 0.769. The Labute approximate surface area is 91.0 Å². The van der Waals surface area contributed by atoms with Crippen molar-refractivity contribution in [3.05, 3.63) is 28.7 Å². The lowest BCUT2D eigenvalue weighted by Gasteiger charge is -2.01. The lowest BCUT2D eigenvalue weighted by atomic mass is 10.4. The molecule has 0 saturated heterocycles. The highest BCUT2D eigenvalue weighted by Gasteiger charge is 2.02. The van der Waals surface area contributed by atoms with E-state index in [9.17, 15) is 4.79 Å². The van der Waals surface area contributed by atoms with Gasteiger partial charge in [0.1, 0.15) is 5.78 Å². The summed E-state index contributed by atoms with van der Waals surface area (Å²) in [4.78, 5) is 12.2. The van der Waals surface area contributed by atoms with E-state index in [1.54, 1.807) is 11.8 Å². The lowest BCUT2D eigenvalue weighted by Crippen LogP contribution is -1.97. The number of Topliss-reactive ketones (excluding diaryl/α,β-unsaturated/α-hetero) is 1. The number of carbonyl (C=O) groups excluding carboxylic acids is 1. The van der Waals surface area contributed by atoms with Gasteiger partial charge in [-0.2, -0.15) is 0 Å². The van der Waals surface area contributed by atoms with Gasteiger partial charge in [-0.25, -0.2) is 0 Å². The van der Waals surface area contributed by atoms with E-state index >= 15 is 0 Å². The van der Waals surface area contributed by atoms with E-state index in [1.807, 2.05) is 31.2 Å². The van der Waals surface area contributed by atoms with Crippen molar-refractivity contribution in [3.63, 3.8) is 0 Å². The van der Waals surface area contributed by atoms with Crippen LogP contribution in [0.3, 0.4) is 0 Å². The summed E-state index contributed by atoms with van der Waals surface area (Å²) in [6.45, 7) is 1.89. The number of hydrogen-bond donors (Lipinski definition) is 0. The molecule has 0 aromatic heterocycles. The second-order valence-corrected chi connectivity index (χ2v) is 4.48. The summed E-state index contributed by atoms with van der Waals surface area (Å²) in [6, 6.07) is 7.94. The van der Waals surface area contributed by atoms with Crippen LogP contribution in [0, 0.1) is 0 Å². The van der Waals surface area contributed by atoms with Crippen LogP contribution in [0.25, 0.3) is 0 Å².